The van der Waals surface area contributed by atoms with Gasteiger partial charge in [-0.25, -0.2) is 13.2 Å². The number of carbonyl (C=O) groups excluding carboxylic acids is 1. The van der Waals surface area contributed by atoms with Crippen LogP contribution in [0.5, 0.6) is 0 Å². The van der Waals surface area contributed by atoms with Gasteiger partial charge in [-0.1, -0.05) is 0 Å². The molecule has 1 saturated heterocycles. The summed E-state index contributed by atoms with van der Waals surface area (Å²) in [6, 6.07) is -0.200. The summed E-state index contributed by atoms with van der Waals surface area (Å²) in [7, 11) is -2.96. The smallest absolute Gasteiger partial charge is 0.410 e. The molecule has 18 heavy (non-hydrogen) atoms. The maximum Gasteiger partial charge on any atom is 0.410 e. The minimum Gasteiger partial charge on any atom is -0.446 e. The van der Waals surface area contributed by atoms with Crippen LogP contribution in [-0.4, -0.2) is 49.6 Å². The van der Waals surface area contributed by atoms with E-state index in [0.29, 0.717) is 13.0 Å². The van der Waals surface area contributed by atoms with Gasteiger partial charge < -0.3 is 9.64 Å². The molecule has 0 aromatic heterocycles. The number of nitrogens with zero attached hydrogens (tertiary/aromatic N) is 1. The molecule has 0 aromatic rings. The first-order valence-electron chi connectivity index (χ1n) is 6.69. The Balaban J connectivity index is 1.93. The van der Waals surface area contributed by atoms with Gasteiger partial charge in [0.15, 0.2) is 9.84 Å². The van der Waals surface area contributed by atoms with E-state index in [-0.39, 0.29) is 29.7 Å². The minimum atomic E-state index is -2.96. The molecule has 0 radical (unpaired) electrons. The molecule has 0 aromatic carbocycles. The molecular formula is C12H21NO4S. The second kappa shape index (κ2) is 5.47. The molecule has 1 unspecified atom stereocenters. The van der Waals surface area contributed by atoms with E-state index in [0.717, 1.165) is 25.7 Å². The quantitative estimate of drug-likeness (QED) is 0.784. The Labute approximate surface area is 108 Å². The zero-order valence-corrected chi connectivity index (χ0v) is 11.6. The van der Waals surface area contributed by atoms with Crippen molar-refractivity contribution in [1.29, 1.82) is 0 Å². The molecule has 1 saturated carbocycles. The third-order valence-electron chi connectivity index (χ3n) is 3.79. The highest BCUT2D eigenvalue weighted by atomic mass is 32.2. The molecule has 1 heterocycles. The summed E-state index contributed by atoms with van der Waals surface area (Å²) in [4.78, 5) is 13.6. The number of hydrogen-bond donors (Lipinski definition) is 0. The lowest BCUT2D eigenvalue weighted by Gasteiger charge is -2.27. The Kier molecular flexibility index (Phi) is 4.14. The zero-order chi connectivity index (χ0) is 13.2. The summed E-state index contributed by atoms with van der Waals surface area (Å²) in [6.45, 7) is 2.37. The maximum atomic E-state index is 12.0. The first kappa shape index (κ1) is 13.6. The van der Waals surface area contributed by atoms with Gasteiger partial charge in [-0.05, 0) is 39.0 Å². The van der Waals surface area contributed by atoms with E-state index in [9.17, 15) is 13.2 Å². The van der Waals surface area contributed by atoms with E-state index in [2.05, 4.69) is 0 Å². The predicted octanol–water partition coefficient (Wildman–Crippen LogP) is 1.57. The molecule has 2 fully saturated rings. The van der Waals surface area contributed by atoms with Crippen molar-refractivity contribution in [2.75, 3.05) is 18.1 Å². The van der Waals surface area contributed by atoms with Gasteiger partial charge in [-0.3, -0.25) is 0 Å². The summed E-state index contributed by atoms with van der Waals surface area (Å²) in [6.07, 6.45) is 4.33. The summed E-state index contributed by atoms with van der Waals surface area (Å²) in [5.74, 6) is 0.269. The van der Waals surface area contributed by atoms with Crippen molar-refractivity contribution in [1.82, 2.24) is 4.90 Å². The van der Waals surface area contributed by atoms with Crippen molar-refractivity contribution in [2.24, 2.45) is 0 Å². The minimum absolute atomic E-state index is 0.0320. The second-order valence-electron chi connectivity index (χ2n) is 5.13. The van der Waals surface area contributed by atoms with Crippen molar-refractivity contribution in [3.05, 3.63) is 0 Å². The average Bonchev–Trinajstić information content (AvgIpc) is 2.89. The third kappa shape index (κ3) is 3.16. The highest BCUT2D eigenvalue weighted by Gasteiger charge is 2.35. The first-order chi connectivity index (χ1) is 8.52. The molecule has 1 aliphatic carbocycles. The van der Waals surface area contributed by atoms with E-state index >= 15 is 0 Å². The van der Waals surface area contributed by atoms with Gasteiger partial charge in [0.05, 0.1) is 11.5 Å². The van der Waals surface area contributed by atoms with Crippen molar-refractivity contribution in [3.8, 4) is 0 Å². The Morgan fingerprint density at radius 3 is 2.44 bits per heavy atom. The Morgan fingerprint density at radius 1 is 1.28 bits per heavy atom. The Bertz CT molecular complexity index is 400. The molecule has 1 amide bonds. The van der Waals surface area contributed by atoms with Crippen molar-refractivity contribution in [3.63, 3.8) is 0 Å². The monoisotopic (exact) mass is 275 g/mol. The van der Waals surface area contributed by atoms with Crippen LogP contribution in [0.25, 0.3) is 0 Å². The maximum absolute atomic E-state index is 12.0. The van der Waals surface area contributed by atoms with Crippen LogP contribution in [0.3, 0.4) is 0 Å². The van der Waals surface area contributed by atoms with E-state index in [1.54, 1.807) is 4.90 Å². The van der Waals surface area contributed by atoms with Crippen LogP contribution in [-0.2, 0) is 14.6 Å². The number of amides is 1. The second-order valence-corrected chi connectivity index (χ2v) is 7.36. The topological polar surface area (TPSA) is 63.7 Å². The molecule has 2 aliphatic rings. The van der Waals surface area contributed by atoms with Crippen LogP contribution < -0.4 is 0 Å². The fourth-order valence-electron chi connectivity index (χ4n) is 2.77. The molecule has 104 valence electrons. The van der Waals surface area contributed by atoms with Crippen LogP contribution >= 0.6 is 0 Å². The Hall–Kier alpha value is -0.780. The average molecular weight is 275 g/mol. The number of hydrogen-bond acceptors (Lipinski definition) is 4. The van der Waals surface area contributed by atoms with Crippen LogP contribution in [0.1, 0.15) is 39.0 Å². The van der Waals surface area contributed by atoms with Gasteiger partial charge in [0.1, 0.15) is 6.10 Å². The van der Waals surface area contributed by atoms with E-state index < -0.39 is 9.84 Å². The highest BCUT2D eigenvalue weighted by Crippen LogP contribution is 2.23. The van der Waals surface area contributed by atoms with E-state index in [1.165, 1.54) is 0 Å². The molecule has 6 heteroatoms. The van der Waals surface area contributed by atoms with Gasteiger partial charge in [0.2, 0.25) is 0 Å². The molecular weight excluding hydrogens is 254 g/mol. The molecule has 2 rings (SSSR count). The van der Waals surface area contributed by atoms with Crippen LogP contribution in [0.4, 0.5) is 4.79 Å². The van der Waals surface area contributed by atoms with Gasteiger partial charge in [-0.15, -0.1) is 0 Å². The van der Waals surface area contributed by atoms with Crippen LogP contribution in [0.15, 0.2) is 0 Å². The van der Waals surface area contributed by atoms with Crippen molar-refractivity contribution < 1.29 is 17.9 Å². The lowest BCUT2D eigenvalue weighted by Crippen LogP contribution is -2.42. The van der Waals surface area contributed by atoms with Crippen LogP contribution in [0.2, 0.25) is 0 Å². The van der Waals surface area contributed by atoms with Gasteiger partial charge in [0, 0.05) is 12.6 Å². The molecule has 5 nitrogen and oxygen atoms in total. The molecule has 0 N–H and O–H groups in total. The fraction of sp³-hybridized carbons (Fsp3) is 0.917. The summed E-state index contributed by atoms with van der Waals surface area (Å²) < 4.78 is 28.3. The van der Waals surface area contributed by atoms with Crippen molar-refractivity contribution >= 4 is 15.9 Å². The highest BCUT2D eigenvalue weighted by molar-refractivity contribution is 7.91. The lowest BCUT2D eigenvalue weighted by molar-refractivity contribution is 0.0576. The zero-order valence-electron chi connectivity index (χ0n) is 10.8. The molecule has 1 aliphatic heterocycles. The third-order valence-corrected chi connectivity index (χ3v) is 5.54. The summed E-state index contributed by atoms with van der Waals surface area (Å²) >= 11 is 0. The normalized spacial score (nSPS) is 27.3. The molecule has 0 spiro atoms. The summed E-state index contributed by atoms with van der Waals surface area (Å²) in [5, 5.41) is 0. The summed E-state index contributed by atoms with van der Waals surface area (Å²) in [5.41, 5.74) is 0. The Morgan fingerprint density at radius 2 is 1.94 bits per heavy atom. The standard InChI is InChI=1S/C12H21NO4S/c1-2-13(10-7-8-18(15,16)9-10)12(14)17-11-5-3-4-6-11/h10-11H,2-9H2,1H3. The van der Waals surface area contributed by atoms with E-state index in [1.807, 2.05) is 6.92 Å². The van der Waals surface area contributed by atoms with E-state index in [4.69, 9.17) is 4.74 Å². The fourth-order valence-corrected chi connectivity index (χ4v) is 4.50. The van der Waals surface area contributed by atoms with Gasteiger partial charge in [-0.2, -0.15) is 0 Å². The number of sulfone groups is 1. The lowest BCUT2D eigenvalue weighted by atomic mass is 10.2. The van der Waals surface area contributed by atoms with Crippen molar-refractivity contribution in [2.45, 2.75) is 51.2 Å². The first-order valence-corrected chi connectivity index (χ1v) is 8.51. The number of rotatable bonds is 3. The molecule has 1 atom stereocenters. The SMILES string of the molecule is CCN(C(=O)OC1CCCC1)C1CCS(=O)(=O)C1. The number of ether oxygens (including phenoxy) is 1. The van der Waals surface area contributed by atoms with Gasteiger partial charge >= 0.3 is 6.09 Å². The van der Waals surface area contributed by atoms with Crippen LogP contribution in [0, 0.1) is 0 Å². The predicted molar refractivity (Wildman–Crippen MR) is 68.2 cm³/mol. The molecule has 0 bridgehead atoms. The largest absolute Gasteiger partial charge is 0.446 e. The number of carbonyl (C=O) groups is 1. The van der Waals surface area contributed by atoms with Gasteiger partial charge in [0.25, 0.3) is 0 Å².